The molecule has 1 aliphatic heterocycles. The summed E-state index contributed by atoms with van der Waals surface area (Å²) in [6, 6.07) is 0.461. The van der Waals surface area contributed by atoms with Crippen molar-refractivity contribution in [1.29, 1.82) is 0 Å². The van der Waals surface area contributed by atoms with Crippen molar-refractivity contribution in [2.75, 3.05) is 37.6 Å². The Kier molecular flexibility index (Phi) is 7.07. The number of halogens is 6. The Hall–Kier alpha value is -3.72. The van der Waals surface area contributed by atoms with E-state index in [9.17, 15) is 40.7 Å². The Morgan fingerprint density at radius 3 is 2.18 bits per heavy atom. The van der Waals surface area contributed by atoms with E-state index in [-0.39, 0.29) is 37.8 Å². The number of H-pyrrole nitrogens is 1. The number of hydrogen-bond acceptors (Lipinski definition) is 7. The van der Waals surface area contributed by atoms with Crippen LogP contribution in [0.1, 0.15) is 16.8 Å². The van der Waals surface area contributed by atoms with Crippen LogP contribution in [0.25, 0.3) is 0 Å². The molecule has 34 heavy (non-hydrogen) atoms. The monoisotopic (exact) mass is 493 g/mol. The van der Waals surface area contributed by atoms with Crippen LogP contribution in [-0.4, -0.2) is 69.6 Å². The number of piperazine rings is 1. The molecular weight excluding hydrogens is 476 g/mol. The number of amides is 2. The van der Waals surface area contributed by atoms with E-state index in [4.69, 9.17) is 0 Å². The average Bonchev–Trinajstić information content (AvgIpc) is 2.77. The summed E-state index contributed by atoms with van der Waals surface area (Å²) in [5.74, 6) is -1.16. The van der Waals surface area contributed by atoms with Gasteiger partial charge in [-0.3, -0.25) is 14.4 Å². The molecule has 0 unspecified atom stereocenters. The third-order valence-electron chi connectivity index (χ3n) is 4.82. The fourth-order valence-corrected chi connectivity index (χ4v) is 3.05. The van der Waals surface area contributed by atoms with Crippen LogP contribution in [0.2, 0.25) is 0 Å². The van der Waals surface area contributed by atoms with Gasteiger partial charge in [-0.05, 0) is 6.07 Å². The summed E-state index contributed by atoms with van der Waals surface area (Å²) in [5, 5.41) is 7.34. The number of rotatable bonds is 5. The molecule has 3 heterocycles. The van der Waals surface area contributed by atoms with E-state index in [1.165, 1.54) is 4.90 Å². The summed E-state index contributed by atoms with van der Waals surface area (Å²) in [4.78, 5) is 45.9. The third kappa shape index (κ3) is 6.20. The summed E-state index contributed by atoms with van der Waals surface area (Å²) in [6.45, 7) is 0.440. The Labute approximate surface area is 187 Å². The summed E-state index contributed by atoms with van der Waals surface area (Å²) in [5.41, 5.74) is -4.24. The maximum absolute atomic E-state index is 12.8. The Morgan fingerprint density at radius 1 is 1.00 bits per heavy atom. The summed E-state index contributed by atoms with van der Waals surface area (Å²) >= 11 is 0. The van der Waals surface area contributed by atoms with E-state index in [2.05, 4.69) is 20.4 Å². The van der Waals surface area contributed by atoms with Crippen molar-refractivity contribution in [3.8, 4) is 0 Å². The van der Waals surface area contributed by atoms with E-state index < -0.39 is 53.8 Å². The molecule has 1 fully saturated rings. The molecule has 0 saturated carbocycles. The second-order valence-corrected chi connectivity index (χ2v) is 7.19. The minimum absolute atomic E-state index is 0.0834. The molecule has 2 aromatic heterocycles. The lowest BCUT2D eigenvalue weighted by Gasteiger charge is -2.34. The number of hydrogen-bond donors (Lipinski definition) is 2. The molecule has 0 atom stereocenters. The Balaban J connectivity index is 1.47. The lowest BCUT2D eigenvalue weighted by Crippen LogP contribution is -2.51. The molecule has 2 aromatic rings. The molecular formula is C18H17F6N7O3. The molecule has 10 nitrogen and oxygen atoms in total. The summed E-state index contributed by atoms with van der Waals surface area (Å²) in [6.07, 6.45) is -8.71. The van der Waals surface area contributed by atoms with Gasteiger partial charge in [0.25, 0.3) is 5.56 Å². The Bertz CT molecular complexity index is 1090. The van der Waals surface area contributed by atoms with Crippen LogP contribution in [-0.2, 0) is 28.4 Å². The van der Waals surface area contributed by atoms with Gasteiger partial charge in [-0.25, -0.2) is 15.1 Å². The molecule has 1 saturated heterocycles. The van der Waals surface area contributed by atoms with Gasteiger partial charge in [-0.2, -0.15) is 31.4 Å². The summed E-state index contributed by atoms with van der Waals surface area (Å²) < 4.78 is 76.1. The van der Waals surface area contributed by atoms with Gasteiger partial charge in [0, 0.05) is 38.6 Å². The van der Waals surface area contributed by atoms with Gasteiger partial charge < -0.3 is 15.1 Å². The predicted molar refractivity (Wildman–Crippen MR) is 102 cm³/mol. The SMILES string of the molecule is O=C(Cc1cc(C(F)(F)F)c(=O)[nH]n1)NCC(=O)N1CCN(c2ncc(C(F)(F)F)cn2)CC1. The van der Waals surface area contributed by atoms with Crippen molar-refractivity contribution >= 4 is 17.8 Å². The zero-order valence-corrected chi connectivity index (χ0v) is 17.2. The number of aromatic amines is 1. The number of alkyl halides is 6. The van der Waals surface area contributed by atoms with E-state index >= 15 is 0 Å². The molecule has 0 aliphatic carbocycles. The van der Waals surface area contributed by atoms with E-state index in [1.54, 1.807) is 10.00 Å². The van der Waals surface area contributed by atoms with Gasteiger partial charge in [-0.1, -0.05) is 0 Å². The highest BCUT2D eigenvalue weighted by molar-refractivity contribution is 5.85. The first-order valence-corrected chi connectivity index (χ1v) is 9.69. The molecule has 16 heteroatoms. The van der Waals surface area contributed by atoms with Crippen LogP contribution < -0.4 is 15.8 Å². The fourth-order valence-electron chi connectivity index (χ4n) is 3.05. The second kappa shape index (κ2) is 9.64. The van der Waals surface area contributed by atoms with Crippen LogP contribution in [0.4, 0.5) is 32.3 Å². The average molecular weight is 493 g/mol. The molecule has 184 valence electrons. The molecule has 0 bridgehead atoms. The minimum Gasteiger partial charge on any atom is -0.347 e. The molecule has 0 radical (unpaired) electrons. The van der Waals surface area contributed by atoms with Gasteiger partial charge in [-0.15, -0.1) is 0 Å². The van der Waals surface area contributed by atoms with E-state index in [0.717, 1.165) is 0 Å². The summed E-state index contributed by atoms with van der Waals surface area (Å²) in [7, 11) is 0. The maximum Gasteiger partial charge on any atom is 0.421 e. The zero-order chi connectivity index (χ0) is 25.1. The lowest BCUT2D eigenvalue weighted by atomic mass is 10.2. The highest BCUT2D eigenvalue weighted by atomic mass is 19.4. The minimum atomic E-state index is -4.91. The first kappa shape index (κ1) is 24.9. The first-order valence-electron chi connectivity index (χ1n) is 9.69. The van der Waals surface area contributed by atoms with Crippen LogP contribution >= 0.6 is 0 Å². The van der Waals surface area contributed by atoms with Crippen LogP contribution in [0.15, 0.2) is 23.3 Å². The lowest BCUT2D eigenvalue weighted by molar-refractivity contribution is -0.139. The maximum atomic E-state index is 12.8. The number of nitrogens with one attached hydrogen (secondary N) is 2. The smallest absolute Gasteiger partial charge is 0.347 e. The van der Waals surface area contributed by atoms with E-state index in [1.807, 2.05) is 0 Å². The highest BCUT2D eigenvalue weighted by Crippen LogP contribution is 2.28. The van der Waals surface area contributed by atoms with Gasteiger partial charge in [0.2, 0.25) is 17.8 Å². The third-order valence-corrected chi connectivity index (χ3v) is 4.82. The van der Waals surface area contributed by atoms with Gasteiger partial charge in [0.05, 0.1) is 24.2 Å². The van der Waals surface area contributed by atoms with Crippen molar-refractivity contribution in [1.82, 2.24) is 30.4 Å². The van der Waals surface area contributed by atoms with Crippen molar-refractivity contribution < 1.29 is 35.9 Å². The van der Waals surface area contributed by atoms with Crippen molar-refractivity contribution in [2.24, 2.45) is 0 Å². The number of carbonyl (C=O) groups excluding carboxylic acids is 2. The predicted octanol–water partition coefficient (Wildman–Crippen LogP) is 0.605. The van der Waals surface area contributed by atoms with E-state index in [0.29, 0.717) is 18.5 Å². The number of anilines is 1. The second-order valence-electron chi connectivity index (χ2n) is 7.19. The molecule has 0 spiro atoms. The highest BCUT2D eigenvalue weighted by Gasteiger charge is 2.35. The molecule has 2 N–H and O–H groups in total. The standard InChI is InChI=1S/C18H17F6N7O3/c19-17(20,21)10-7-26-16(27-8-10)31-3-1-30(2-4-31)14(33)9-25-13(32)6-11-5-12(18(22,23)24)15(34)29-28-11/h5,7-8H,1-4,6,9H2,(H,25,32)(H,29,34). The first-order chi connectivity index (χ1) is 15.8. The Morgan fingerprint density at radius 2 is 1.62 bits per heavy atom. The number of nitrogens with zero attached hydrogens (tertiary/aromatic N) is 5. The molecule has 3 rings (SSSR count). The normalized spacial score (nSPS) is 14.8. The van der Waals surface area contributed by atoms with Gasteiger partial charge in [0.1, 0.15) is 5.56 Å². The fraction of sp³-hybridized carbons (Fsp3) is 0.444. The molecule has 0 aromatic carbocycles. The van der Waals surface area contributed by atoms with Crippen LogP contribution in [0, 0.1) is 0 Å². The van der Waals surface area contributed by atoms with Gasteiger partial charge in [0.15, 0.2) is 0 Å². The van der Waals surface area contributed by atoms with Crippen molar-refractivity contribution in [3.63, 3.8) is 0 Å². The zero-order valence-electron chi connectivity index (χ0n) is 17.2. The van der Waals surface area contributed by atoms with Crippen molar-refractivity contribution in [2.45, 2.75) is 18.8 Å². The van der Waals surface area contributed by atoms with Crippen LogP contribution in [0.3, 0.4) is 0 Å². The van der Waals surface area contributed by atoms with Gasteiger partial charge >= 0.3 is 12.4 Å². The van der Waals surface area contributed by atoms with Crippen molar-refractivity contribution in [3.05, 3.63) is 45.6 Å². The topological polar surface area (TPSA) is 124 Å². The number of carbonyl (C=O) groups is 2. The number of aromatic nitrogens is 4. The molecule has 1 aliphatic rings. The largest absolute Gasteiger partial charge is 0.421 e. The van der Waals surface area contributed by atoms with Crippen LogP contribution in [0.5, 0.6) is 0 Å². The molecule has 2 amide bonds. The quantitative estimate of drug-likeness (QED) is 0.585.